The van der Waals surface area contributed by atoms with Crippen LogP contribution in [0.5, 0.6) is 5.88 Å². The number of esters is 1. The summed E-state index contributed by atoms with van der Waals surface area (Å²) in [5, 5.41) is 0. The number of alkyl halides is 3. The highest BCUT2D eigenvalue weighted by Crippen LogP contribution is 2.29. The predicted octanol–water partition coefficient (Wildman–Crippen LogP) is 0.737. The second-order valence-corrected chi connectivity index (χ2v) is 3.49. The van der Waals surface area contributed by atoms with E-state index in [1.807, 2.05) is 0 Å². The zero-order chi connectivity index (χ0) is 14.6. The van der Waals surface area contributed by atoms with Crippen molar-refractivity contribution < 1.29 is 27.4 Å². The van der Waals surface area contributed by atoms with Crippen LogP contribution in [0.15, 0.2) is 6.20 Å². The number of hydrogen-bond acceptors (Lipinski definition) is 6. The lowest BCUT2D eigenvalue weighted by Gasteiger charge is -2.15. The van der Waals surface area contributed by atoms with E-state index in [-0.39, 0.29) is 29.8 Å². The van der Waals surface area contributed by atoms with Gasteiger partial charge in [0.2, 0.25) is 5.88 Å². The Hall–Kier alpha value is -2.03. The molecule has 6 nitrogen and oxygen atoms in total. The van der Waals surface area contributed by atoms with Crippen LogP contribution < -0.4 is 16.2 Å². The van der Waals surface area contributed by atoms with Gasteiger partial charge < -0.3 is 20.9 Å². The Labute approximate surface area is 106 Å². The van der Waals surface area contributed by atoms with E-state index in [9.17, 15) is 18.0 Å². The topological polar surface area (TPSA) is 100 Å². The molecule has 0 atom stereocenters. The number of pyridine rings is 1. The first kappa shape index (κ1) is 15.0. The van der Waals surface area contributed by atoms with E-state index in [4.69, 9.17) is 11.5 Å². The standard InChI is InChI=1S/C10H12F3N3O3/c1-18-7(17)2-5-4-16-9(19-10(11,12)13)6(3-14)8(5)15/h4H,2-3,14H2,1H3,(H2,15,16). The van der Waals surface area contributed by atoms with Crippen LogP contribution in [0.2, 0.25) is 0 Å². The molecule has 4 N–H and O–H groups in total. The van der Waals surface area contributed by atoms with Gasteiger partial charge in [0, 0.05) is 24.0 Å². The third kappa shape index (κ3) is 3.98. The van der Waals surface area contributed by atoms with Gasteiger partial charge in [-0.1, -0.05) is 0 Å². The zero-order valence-electron chi connectivity index (χ0n) is 9.95. The summed E-state index contributed by atoms with van der Waals surface area (Å²) in [7, 11) is 1.18. The molecule has 0 aliphatic carbocycles. The number of anilines is 1. The number of methoxy groups -OCH3 is 1. The predicted molar refractivity (Wildman–Crippen MR) is 58.9 cm³/mol. The van der Waals surface area contributed by atoms with Crippen molar-refractivity contribution in [3.8, 4) is 5.88 Å². The van der Waals surface area contributed by atoms with Crippen molar-refractivity contribution in [1.82, 2.24) is 4.98 Å². The van der Waals surface area contributed by atoms with E-state index in [1.165, 1.54) is 7.11 Å². The SMILES string of the molecule is COC(=O)Cc1cnc(OC(F)(F)F)c(CN)c1N. The minimum absolute atomic E-state index is 0.0675. The number of ether oxygens (including phenoxy) is 2. The van der Waals surface area contributed by atoms with Crippen molar-refractivity contribution in [2.24, 2.45) is 5.73 Å². The minimum Gasteiger partial charge on any atom is -0.469 e. The number of rotatable bonds is 4. The summed E-state index contributed by atoms with van der Waals surface area (Å²) in [4.78, 5) is 14.6. The smallest absolute Gasteiger partial charge is 0.469 e. The highest BCUT2D eigenvalue weighted by atomic mass is 19.4. The van der Waals surface area contributed by atoms with Gasteiger partial charge in [-0.3, -0.25) is 4.79 Å². The lowest BCUT2D eigenvalue weighted by molar-refractivity contribution is -0.276. The summed E-state index contributed by atoms with van der Waals surface area (Å²) < 4.78 is 44.5. The van der Waals surface area contributed by atoms with Crippen LogP contribution in [0.25, 0.3) is 0 Å². The zero-order valence-corrected chi connectivity index (χ0v) is 9.95. The lowest BCUT2D eigenvalue weighted by Crippen LogP contribution is -2.21. The monoisotopic (exact) mass is 279 g/mol. The first-order valence-corrected chi connectivity index (χ1v) is 5.07. The Kier molecular flexibility index (Phi) is 4.54. The van der Waals surface area contributed by atoms with Crippen molar-refractivity contribution >= 4 is 11.7 Å². The van der Waals surface area contributed by atoms with Gasteiger partial charge in [-0.05, 0) is 0 Å². The summed E-state index contributed by atoms with van der Waals surface area (Å²) in [6, 6.07) is 0. The Morgan fingerprint density at radius 1 is 1.47 bits per heavy atom. The summed E-state index contributed by atoms with van der Waals surface area (Å²) in [6.45, 7) is -0.306. The Bertz CT molecular complexity index is 477. The molecule has 0 saturated heterocycles. The molecule has 0 bridgehead atoms. The first-order chi connectivity index (χ1) is 8.78. The summed E-state index contributed by atoms with van der Waals surface area (Å²) in [5.74, 6) is -1.32. The van der Waals surface area contributed by atoms with Crippen LogP contribution in [0.3, 0.4) is 0 Å². The molecule has 1 rings (SSSR count). The highest BCUT2D eigenvalue weighted by Gasteiger charge is 2.33. The third-order valence-electron chi connectivity index (χ3n) is 2.25. The van der Waals surface area contributed by atoms with Crippen LogP contribution >= 0.6 is 0 Å². The lowest BCUT2D eigenvalue weighted by atomic mass is 10.1. The number of hydrogen-bond donors (Lipinski definition) is 2. The Morgan fingerprint density at radius 3 is 2.58 bits per heavy atom. The summed E-state index contributed by atoms with van der Waals surface area (Å²) in [6.07, 6.45) is -4.09. The number of aromatic nitrogens is 1. The maximum Gasteiger partial charge on any atom is 0.574 e. The molecular weight excluding hydrogens is 267 g/mol. The van der Waals surface area contributed by atoms with Crippen molar-refractivity contribution in [1.29, 1.82) is 0 Å². The number of carbonyl (C=O) groups excluding carboxylic acids is 1. The van der Waals surface area contributed by atoms with Gasteiger partial charge >= 0.3 is 12.3 Å². The molecule has 0 aliphatic heterocycles. The number of halogens is 3. The van der Waals surface area contributed by atoms with Gasteiger partial charge in [-0.2, -0.15) is 0 Å². The molecule has 9 heteroatoms. The van der Waals surface area contributed by atoms with Crippen LogP contribution in [-0.2, 0) is 22.5 Å². The number of nitrogens with two attached hydrogens (primary N) is 2. The van der Waals surface area contributed by atoms with E-state index >= 15 is 0 Å². The molecule has 19 heavy (non-hydrogen) atoms. The molecule has 0 aliphatic rings. The molecule has 0 aromatic carbocycles. The largest absolute Gasteiger partial charge is 0.574 e. The molecular formula is C10H12F3N3O3. The summed E-state index contributed by atoms with van der Waals surface area (Å²) >= 11 is 0. The van der Waals surface area contributed by atoms with Gasteiger partial charge in [0.05, 0.1) is 19.1 Å². The molecule has 1 aromatic heterocycles. The fourth-order valence-electron chi connectivity index (χ4n) is 1.36. The number of carbonyl (C=O) groups is 1. The Balaban J connectivity index is 3.12. The average molecular weight is 279 g/mol. The molecule has 0 amide bonds. The third-order valence-corrected chi connectivity index (χ3v) is 2.25. The summed E-state index contributed by atoms with van der Waals surface area (Å²) in [5.41, 5.74) is 11.0. The van der Waals surface area contributed by atoms with Gasteiger partial charge in [0.1, 0.15) is 0 Å². The molecule has 0 spiro atoms. The molecule has 106 valence electrons. The van der Waals surface area contributed by atoms with Crippen LogP contribution in [-0.4, -0.2) is 24.4 Å². The van der Waals surface area contributed by atoms with Crippen molar-refractivity contribution in [2.75, 3.05) is 12.8 Å². The maximum absolute atomic E-state index is 12.1. The second kappa shape index (κ2) is 5.74. The maximum atomic E-state index is 12.1. The van der Waals surface area contributed by atoms with Crippen molar-refractivity contribution in [3.05, 3.63) is 17.3 Å². The molecule has 1 aromatic rings. The minimum atomic E-state index is -4.90. The van der Waals surface area contributed by atoms with Crippen molar-refractivity contribution in [2.45, 2.75) is 19.3 Å². The van der Waals surface area contributed by atoms with Crippen LogP contribution in [0.4, 0.5) is 18.9 Å². The average Bonchev–Trinajstić information content (AvgIpc) is 2.31. The molecule has 1 heterocycles. The first-order valence-electron chi connectivity index (χ1n) is 5.07. The number of nitrogens with zero attached hydrogens (tertiary/aromatic N) is 1. The van der Waals surface area contributed by atoms with E-state index in [0.29, 0.717) is 0 Å². The van der Waals surface area contributed by atoms with Crippen LogP contribution in [0, 0.1) is 0 Å². The van der Waals surface area contributed by atoms with Gasteiger partial charge in [0.25, 0.3) is 0 Å². The van der Waals surface area contributed by atoms with E-state index in [0.717, 1.165) is 6.20 Å². The molecule has 0 saturated carbocycles. The van der Waals surface area contributed by atoms with Gasteiger partial charge in [-0.15, -0.1) is 13.2 Å². The van der Waals surface area contributed by atoms with Crippen LogP contribution in [0.1, 0.15) is 11.1 Å². The fourth-order valence-corrected chi connectivity index (χ4v) is 1.36. The highest BCUT2D eigenvalue weighted by molar-refractivity contribution is 5.75. The number of nitrogen functional groups attached to an aromatic ring is 1. The molecule has 0 fully saturated rings. The molecule has 0 radical (unpaired) electrons. The fraction of sp³-hybridized carbons (Fsp3) is 0.400. The van der Waals surface area contributed by atoms with E-state index < -0.39 is 18.2 Å². The second-order valence-electron chi connectivity index (χ2n) is 3.49. The quantitative estimate of drug-likeness (QED) is 0.788. The Morgan fingerprint density at radius 2 is 2.11 bits per heavy atom. The van der Waals surface area contributed by atoms with E-state index in [2.05, 4.69) is 14.5 Å². The van der Waals surface area contributed by atoms with Crippen molar-refractivity contribution in [3.63, 3.8) is 0 Å². The van der Waals surface area contributed by atoms with Gasteiger partial charge in [-0.25, -0.2) is 4.98 Å². The van der Waals surface area contributed by atoms with E-state index in [1.54, 1.807) is 0 Å². The van der Waals surface area contributed by atoms with Gasteiger partial charge in [0.15, 0.2) is 0 Å². The normalized spacial score (nSPS) is 11.2. The molecule has 0 unspecified atom stereocenters.